The fraction of sp³-hybridized carbons (Fsp3) is 0.375. The molecular weight excluding hydrogens is 455 g/mol. The maximum absolute atomic E-state index is 13.4. The fourth-order valence-electron chi connectivity index (χ4n) is 3.77. The molecule has 3 rings (SSSR count). The lowest BCUT2D eigenvalue weighted by Crippen LogP contribution is -2.12. The lowest BCUT2D eigenvalue weighted by molar-refractivity contribution is 0.579. The van der Waals surface area contributed by atoms with Gasteiger partial charge >= 0.3 is 0 Å². The van der Waals surface area contributed by atoms with E-state index >= 15 is 0 Å². The van der Waals surface area contributed by atoms with Gasteiger partial charge < -0.3 is 0 Å². The maximum atomic E-state index is 13.4. The maximum Gasteiger partial charge on any atom is 0.238 e. The number of aromatic nitrogens is 2. The first kappa shape index (κ1) is 25.4. The molecule has 0 radical (unpaired) electrons. The first-order valence-corrected chi connectivity index (χ1v) is 12.9. The van der Waals surface area contributed by atoms with Crippen LogP contribution in [0, 0.1) is 5.82 Å². The topological polar surface area (TPSA) is 127 Å². The number of aryl methyl sites for hydroxylation is 1. The van der Waals surface area contributed by atoms with Crippen LogP contribution < -0.4 is 5.14 Å². The van der Waals surface area contributed by atoms with Gasteiger partial charge in [0.2, 0.25) is 10.0 Å². The van der Waals surface area contributed by atoms with Crippen LogP contribution in [0.2, 0.25) is 0 Å². The molecule has 0 aliphatic rings. The van der Waals surface area contributed by atoms with Crippen LogP contribution in [0.4, 0.5) is 4.39 Å². The molecule has 10 heteroatoms. The van der Waals surface area contributed by atoms with Crippen LogP contribution in [0.1, 0.15) is 50.6 Å². The van der Waals surface area contributed by atoms with Crippen molar-refractivity contribution < 1.29 is 12.8 Å². The highest BCUT2D eigenvalue weighted by Gasteiger charge is 2.14. The van der Waals surface area contributed by atoms with E-state index in [1.807, 2.05) is 6.07 Å². The van der Waals surface area contributed by atoms with Crippen LogP contribution in [0.5, 0.6) is 0 Å². The Morgan fingerprint density at radius 3 is 2.18 bits per heavy atom. The molecular formula is C24H29FN6O2S. The second-order valence-corrected chi connectivity index (χ2v) is 9.72. The molecule has 0 aliphatic heterocycles. The predicted octanol–water partition coefficient (Wildman–Crippen LogP) is 5.91. The van der Waals surface area contributed by atoms with Crippen molar-refractivity contribution in [3.63, 3.8) is 0 Å². The second-order valence-electron chi connectivity index (χ2n) is 8.16. The molecule has 34 heavy (non-hydrogen) atoms. The average Bonchev–Trinajstić information content (AvgIpc) is 3.24. The van der Waals surface area contributed by atoms with Crippen LogP contribution in [-0.4, -0.2) is 24.7 Å². The van der Waals surface area contributed by atoms with E-state index in [0.717, 1.165) is 68.3 Å². The van der Waals surface area contributed by atoms with Crippen molar-refractivity contribution in [2.24, 2.45) is 10.3 Å². The van der Waals surface area contributed by atoms with Gasteiger partial charge in [-0.2, -0.15) is 5.10 Å². The SMILES string of the molecule is [N-]=[N+]=NCCCCCCCCCc1cc(-c2ccc(F)cc2)n(-c2ccc(S(N)(=O)=O)cc2)n1. The quantitative estimate of drug-likeness (QED) is 0.140. The Kier molecular flexibility index (Phi) is 9.21. The van der Waals surface area contributed by atoms with Crippen LogP contribution in [0.15, 0.2) is 64.6 Å². The Balaban J connectivity index is 1.66. The molecule has 3 aromatic rings. The number of hydrogen-bond acceptors (Lipinski definition) is 4. The summed E-state index contributed by atoms with van der Waals surface area (Å²) in [5.41, 5.74) is 11.5. The van der Waals surface area contributed by atoms with Crippen LogP contribution in [-0.2, 0) is 16.4 Å². The van der Waals surface area contributed by atoms with Crippen molar-refractivity contribution in [3.8, 4) is 16.9 Å². The third-order valence-electron chi connectivity index (χ3n) is 5.56. The lowest BCUT2D eigenvalue weighted by atomic mass is 10.1. The molecule has 2 N–H and O–H groups in total. The van der Waals surface area contributed by atoms with Crippen molar-refractivity contribution in [2.45, 2.75) is 56.3 Å². The Hall–Kier alpha value is -3.20. The summed E-state index contributed by atoms with van der Waals surface area (Å²) in [6.45, 7) is 0.570. The minimum Gasteiger partial charge on any atom is -0.233 e. The Bertz CT molecular complexity index is 1220. The smallest absolute Gasteiger partial charge is 0.233 e. The highest BCUT2D eigenvalue weighted by molar-refractivity contribution is 7.89. The van der Waals surface area contributed by atoms with E-state index in [9.17, 15) is 12.8 Å². The van der Waals surface area contributed by atoms with Crippen molar-refractivity contribution in [3.05, 3.63) is 76.6 Å². The highest BCUT2D eigenvalue weighted by Crippen LogP contribution is 2.26. The molecule has 1 heterocycles. The molecule has 1 aromatic heterocycles. The summed E-state index contributed by atoms with van der Waals surface area (Å²) in [6, 6.07) is 14.4. The molecule has 180 valence electrons. The van der Waals surface area contributed by atoms with Gasteiger partial charge in [-0.15, -0.1) is 0 Å². The van der Waals surface area contributed by atoms with E-state index in [-0.39, 0.29) is 10.7 Å². The molecule has 2 aromatic carbocycles. The number of azide groups is 1. The number of unbranched alkanes of at least 4 members (excludes halogenated alkanes) is 6. The summed E-state index contributed by atoms with van der Waals surface area (Å²) in [6.07, 6.45) is 8.36. The van der Waals surface area contributed by atoms with Gasteiger partial charge in [0, 0.05) is 17.0 Å². The summed E-state index contributed by atoms with van der Waals surface area (Å²) in [5.74, 6) is -0.315. The Labute approximate surface area is 199 Å². The van der Waals surface area contributed by atoms with Gasteiger partial charge in [0.15, 0.2) is 0 Å². The second kappa shape index (κ2) is 12.3. The third-order valence-corrected chi connectivity index (χ3v) is 6.49. The number of hydrogen-bond donors (Lipinski definition) is 1. The number of nitrogens with two attached hydrogens (primary N) is 1. The van der Waals surface area contributed by atoms with E-state index in [1.165, 1.54) is 24.3 Å². The Morgan fingerprint density at radius 2 is 1.56 bits per heavy atom. The van der Waals surface area contributed by atoms with Crippen LogP contribution in [0.3, 0.4) is 0 Å². The zero-order valence-corrected chi connectivity index (χ0v) is 19.8. The van der Waals surface area contributed by atoms with E-state index in [2.05, 4.69) is 10.0 Å². The number of benzene rings is 2. The zero-order valence-electron chi connectivity index (χ0n) is 19.0. The third kappa shape index (κ3) is 7.41. The van der Waals surface area contributed by atoms with Crippen molar-refractivity contribution >= 4 is 10.0 Å². The normalized spacial score (nSPS) is 11.4. The number of sulfonamides is 1. The van der Waals surface area contributed by atoms with Gasteiger partial charge in [-0.25, -0.2) is 22.6 Å². The number of primary sulfonamides is 1. The number of rotatable bonds is 13. The van der Waals surface area contributed by atoms with Gasteiger partial charge in [0.05, 0.1) is 22.0 Å². The van der Waals surface area contributed by atoms with Crippen molar-refractivity contribution in [1.82, 2.24) is 9.78 Å². The molecule has 0 saturated carbocycles. The highest BCUT2D eigenvalue weighted by atomic mass is 32.2. The molecule has 0 atom stereocenters. The fourth-order valence-corrected chi connectivity index (χ4v) is 4.29. The largest absolute Gasteiger partial charge is 0.238 e. The molecule has 0 fully saturated rings. The summed E-state index contributed by atoms with van der Waals surface area (Å²) < 4.78 is 38.4. The predicted molar refractivity (Wildman–Crippen MR) is 130 cm³/mol. The molecule has 0 saturated heterocycles. The van der Waals surface area contributed by atoms with Crippen molar-refractivity contribution in [1.29, 1.82) is 0 Å². The van der Waals surface area contributed by atoms with Crippen LogP contribution >= 0.6 is 0 Å². The lowest BCUT2D eigenvalue weighted by Gasteiger charge is -2.08. The zero-order chi connectivity index (χ0) is 24.4. The summed E-state index contributed by atoms with van der Waals surface area (Å²) in [7, 11) is -3.78. The summed E-state index contributed by atoms with van der Waals surface area (Å²) >= 11 is 0. The van der Waals surface area contributed by atoms with E-state index in [0.29, 0.717) is 12.2 Å². The standard InChI is InChI=1S/C24H29FN6O2S/c25-20-11-9-19(10-12-20)24-18-21(8-6-4-2-1-3-5-7-17-28-30-26)29-31(24)22-13-15-23(16-14-22)34(27,32)33/h9-16,18H,1-8,17H2,(H2,27,32,33). The van der Waals surface area contributed by atoms with Crippen molar-refractivity contribution in [2.75, 3.05) is 6.54 Å². The van der Waals surface area contributed by atoms with Gasteiger partial charge in [0.25, 0.3) is 0 Å². The molecule has 0 amide bonds. The van der Waals surface area contributed by atoms with E-state index in [4.69, 9.17) is 15.8 Å². The average molecular weight is 485 g/mol. The summed E-state index contributed by atoms with van der Waals surface area (Å²) in [4.78, 5) is 2.79. The van der Waals surface area contributed by atoms with Crippen LogP contribution in [0.25, 0.3) is 27.4 Å². The molecule has 0 bridgehead atoms. The Morgan fingerprint density at radius 1 is 0.941 bits per heavy atom. The van der Waals surface area contributed by atoms with Gasteiger partial charge in [0.1, 0.15) is 5.82 Å². The van der Waals surface area contributed by atoms with Gasteiger partial charge in [-0.1, -0.05) is 37.2 Å². The van der Waals surface area contributed by atoms with E-state index in [1.54, 1.807) is 28.9 Å². The van der Waals surface area contributed by atoms with E-state index < -0.39 is 10.0 Å². The van der Waals surface area contributed by atoms with Gasteiger partial charge in [-0.3, -0.25) is 0 Å². The summed E-state index contributed by atoms with van der Waals surface area (Å²) in [5, 5.41) is 13.5. The molecule has 0 aliphatic carbocycles. The molecule has 0 spiro atoms. The monoisotopic (exact) mass is 484 g/mol. The molecule has 8 nitrogen and oxygen atoms in total. The molecule has 0 unspecified atom stereocenters. The minimum atomic E-state index is -3.78. The minimum absolute atomic E-state index is 0.0322. The first-order valence-electron chi connectivity index (χ1n) is 11.4. The number of halogens is 1. The van der Waals surface area contributed by atoms with Gasteiger partial charge in [-0.05, 0) is 79.4 Å². The number of nitrogens with zero attached hydrogens (tertiary/aromatic N) is 5. The first-order chi connectivity index (χ1) is 16.4.